The van der Waals surface area contributed by atoms with Crippen LogP contribution < -0.4 is 0 Å². The first-order chi connectivity index (χ1) is 12.5. The molecular formula is C20H22O6. The maximum Gasteiger partial charge on any atom is 0.331 e. The van der Waals surface area contributed by atoms with Gasteiger partial charge in [-0.15, -0.1) is 0 Å². The molecule has 0 spiro atoms. The zero-order chi connectivity index (χ0) is 18.9. The Balaban J connectivity index is 2.11. The van der Waals surface area contributed by atoms with Gasteiger partial charge in [0, 0.05) is 6.08 Å². The largest absolute Gasteiger partial charge is 0.449 e. The standard InChI is InChI=1S/C20H22O6/c21-13-17(23)19(25)16(22)11-12-18(24)26-20(14-7-3-1-4-8-14)15-9-5-2-6-10-15/h1-12,16-17,19-23,25H,13H2/b12-11+/t16-,17-,19-/m1/s1. The lowest BCUT2D eigenvalue weighted by Crippen LogP contribution is -2.38. The second-order valence-corrected chi connectivity index (χ2v) is 5.73. The summed E-state index contributed by atoms with van der Waals surface area (Å²) in [6.45, 7) is -0.708. The summed E-state index contributed by atoms with van der Waals surface area (Å²) >= 11 is 0. The van der Waals surface area contributed by atoms with E-state index >= 15 is 0 Å². The fourth-order valence-electron chi connectivity index (χ4n) is 2.37. The van der Waals surface area contributed by atoms with E-state index in [0.717, 1.165) is 23.3 Å². The lowest BCUT2D eigenvalue weighted by molar-refractivity contribution is -0.141. The molecule has 2 aromatic rings. The van der Waals surface area contributed by atoms with Crippen molar-refractivity contribution in [3.8, 4) is 0 Å². The normalized spacial score (nSPS) is 15.0. The van der Waals surface area contributed by atoms with E-state index in [9.17, 15) is 20.1 Å². The monoisotopic (exact) mass is 358 g/mol. The maximum atomic E-state index is 12.2. The van der Waals surface area contributed by atoms with Gasteiger partial charge in [-0.3, -0.25) is 0 Å². The molecule has 0 saturated carbocycles. The smallest absolute Gasteiger partial charge is 0.331 e. The van der Waals surface area contributed by atoms with Crippen LogP contribution in [0.25, 0.3) is 0 Å². The third kappa shape index (κ3) is 5.50. The summed E-state index contributed by atoms with van der Waals surface area (Å²) in [6, 6.07) is 18.4. The quantitative estimate of drug-likeness (QED) is 0.413. The fourth-order valence-corrected chi connectivity index (χ4v) is 2.37. The molecule has 6 nitrogen and oxygen atoms in total. The molecule has 0 unspecified atom stereocenters. The molecule has 0 fully saturated rings. The Bertz CT molecular complexity index is 661. The second kappa shape index (κ2) is 9.84. The highest BCUT2D eigenvalue weighted by molar-refractivity contribution is 5.82. The van der Waals surface area contributed by atoms with Crippen LogP contribution >= 0.6 is 0 Å². The molecule has 0 aromatic heterocycles. The summed E-state index contributed by atoms with van der Waals surface area (Å²) in [4.78, 5) is 12.2. The van der Waals surface area contributed by atoms with Crippen molar-refractivity contribution in [2.24, 2.45) is 0 Å². The molecule has 138 valence electrons. The van der Waals surface area contributed by atoms with Crippen molar-refractivity contribution < 1.29 is 30.0 Å². The molecule has 6 heteroatoms. The van der Waals surface area contributed by atoms with E-state index < -0.39 is 37.0 Å². The molecule has 0 amide bonds. The number of hydrogen-bond donors (Lipinski definition) is 4. The molecular weight excluding hydrogens is 336 g/mol. The van der Waals surface area contributed by atoms with E-state index in [0.29, 0.717) is 0 Å². The van der Waals surface area contributed by atoms with E-state index in [4.69, 9.17) is 9.84 Å². The van der Waals surface area contributed by atoms with Gasteiger partial charge < -0.3 is 25.2 Å². The Labute approximate surface area is 151 Å². The highest BCUT2D eigenvalue weighted by Crippen LogP contribution is 2.26. The van der Waals surface area contributed by atoms with Gasteiger partial charge in [0.2, 0.25) is 0 Å². The van der Waals surface area contributed by atoms with Crippen molar-refractivity contribution in [1.29, 1.82) is 0 Å². The molecule has 0 aliphatic carbocycles. The molecule has 26 heavy (non-hydrogen) atoms. The van der Waals surface area contributed by atoms with Crippen LogP contribution in [0.5, 0.6) is 0 Å². The molecule has 3 atom stereocenters. The molecule has 0 saturated heterocycles. The summed E-state index contributed by atoms with van der Waals surface area (Å²) in [5.74, 6) is -0.715. The molecule has 0 aliphatic rings. The highest BCUT2D eigenvalue weighted by Gasteiger charge is 2.23. The minimum Gasteiger partial charge on any atom is -0.449 e. The van der Waals surface area contributed by atoms with Gasteiger partial charge in [0.1, 0.15) is 18.3 Å². The Morgan fingerprint density at radius 1 is 0.923 bits per heavy atom. The van der Waals surface area contributed by atoms with Gasteiger partial charge in [0.25, 0.3) is 0 Å². The minimum absolute atomic E-state index is 0.625. The van der Waals surface area contributed by atoms with Gasteiger partial charge in [0.05, 0.1) is 6.61 Å². The predicted octanol–water partition coefficient (Wildman–Crippen LogP) is 0.950. The SMILES string of the molecule is O=C(/C=C/[C@@H](O)[C@@H](O)[C@H](O)CO)OC(c1ccccc1)c1ccccc1. The van der Waals surface area contributed by atoms with Crippen LogP contribution in [0.3, 0.4) is 0 Å². The van der Waals surface area contributed by atoms with E-state index in [-0.39, 0.29) is 0 Å². The van der Waals surface area contributed by atoms with Crippen LogP contribution in [0.15, 0.2) is 72.8 Å². The van der Waals surface area contributed by atoms with Crippen LogP contribution in [-0.4, -0.2) is 51.3 Å². The Kier molecular flexibility index (Phi) is 7.50. The van der Waals surface area contributed by atoms with Crippen molar-refractivity contribution in [1.82, 2.24) is 0 Å². The van der Waals surface area contributed by atoms with Gasteiger partial charge in [-0.2, -0.15) is 0 Å². The third-order valence-corrected chi connectivity index (χ3v) is 3.80. The van der Waals surface area contributed by atoms with E-state index in [1.54, 1.807) is 0 Å². The average molecular weight is 358 g/mol. The van der Waals surface area contributed by atoms with Crippen LogP contribution in [0, 0.1) is 0 Å². The number of aliphatic hydroxyl groups is 4. The topological polar surface area (TPSA) is 107 Å². The van der Waals surface area contributed by atoms with Crippen molar-refractivity contribution in [3.63, 3.8) is 0 Å². The fraction of sp³-hybridized carbons (Fsp3) is 0.250. The first-order valence-corrected chi connectivity index (χ1v) is 8.16. The zero-order valence-corrected chi connectivity index (χ0v) is 14.1. The molecule has 0 heterocycles. The predicted molar refractivity (Wildman–Crippen MR) is 95.1 cm³/mol. The summed E-state index contributed by atoms with van der Waals surface area (Å²) in [5, 5.41) is 37.4. The Morgan fingerprint density at radius 2 is 1.42 bits per heavy atom. The molecule has 2 aromatic carbocycles. The summed E-state index contributed by atoms with van der Waals surface area (Å²) in [7, 11) is 0. The van der Waals surface area contributed by atoms with Crippen molar-refractivity contribution >= 4 is 5.97 Å². The van der Waals surface area contributed by atoms with Gasteiger partial charge in [-0.05, 0) is 17.2 Å². The number of rotatable bonds is 8. The van der Waals surface area contributed by atoms with Crippen molar-refractivity contribution in [3.05, 3.63) is 83.9 Å². The lowest BCUT2D eigenvalue weighted by Gasteiger charge is -2.19. The van der Waals surface area contributed by atoms with E-state index in [2.05, 4.69) is 0 Å². The Morgan fingerprint density at radius 3 is 1.88 bits per heavy atom. The molecule has 2 rings (SSSR count). The highest BCUT2D eigenvalue weighted by atomic mass is 16.5. The maximum absolute atomic E-state index is 12.2. The van der Waals surface area contributed by atoms with Crippen LogP contribution in [0.1, 0.15) is 17.2 Å². The molecule has 0 radical (unpaired) electrons. The van der Waals surface area contributed by atoms with Gasteiger partial charge >= 0.3 is 5.97 Å². The van der Waals surface area contributed by atoms with Gasteiger partial charge in [-0.1, -0.05) is 60.7 Å². The second-order valence-electron chi connectivity index (χ2n) is 5.73. The molecule has 0 bridgehead atoms. The number of carbonyl (C=O) groups is 1. The van der Waals surface area contributed by atoms with E-state index in [1.165, 1.54) is 0 Å². The number of hydrogen-bond acceptors (Lipinski definition) is 6. The summed E-state index contributed by atoms with van der Waals surface area (Å²) in [6.07, 6.45) is -3.26. The van der Waals surface area contributed by atoms with Crippen LogP contribution in [-0.2, 0) is 9.53 Å². The Hall–Kier alpha value is -2.51. The van der Waals surface area contributed by atoms with Crippen molar-refractivity contribution in [2.45, 2.75) is 24.4 Å². The average Bonchev–Trinajstić information content (AvgIpc) is 2.70. The lowest BCUT2D eigenvalue weighted by atomic mass is 10.0. The van der Waals surface area contributed by atoms with E-state index in [1.807, 2.05) is 60.7 Å². The first kappa shape index (κ1) is 19.8. The summed E-state index contributed by atoms with van der Waals surface area (Å²) in [5.41, 5.74) is 1.58. The zero-order valence-electron chi connectivity index (χ0n) is 14.1. The molecule has 4 N–H and O–H groups in total. The van der Waals surface area contributed by atoms with Crippen LogP contribution in [0.4, 0.5) is 0 Å². The number of aliphatic hydroxyl groups excluding tert-OH is 4. The number of benzene rings is 2. The number of ether oxygens (including phenoxy) is 1. The number of carbonyl (C=O) groups excluding carboxylic acids is 1. The first-order valence-electron chi connectivity index (χ1n) is 8.16. The van der Waals surface area contributed by atoms with Crippen molar-refractivity contribution in [2.75, 3.05) is 6.61 Å². The minimum atomic E-state index is -1.61. The number of esters is 1. The van der Waals surface area contributed by atoms with Gasteiger partial charge in [-0.25, -0.2) is 4.79 Å². The third-order valence-electron chi connectivity index (χ3n) is 3.80. The summed E-state index contributed by atoms with van der Waals surface area (Å²) < 4.78 is 5.51. The molecule has 0 aliphatic heterocycles. The van der Waals surface area contributed by atoms with Gasteiger partial charge in [0.15, 0.2) is 6.10 Å². The van der Waals surface area contributed by atoms with Crippen LogP contribution in [0.2, 0.25) is 0 Å².